The highest BCUT2D eigenvalue weighted by Crippen LogP contribution is 2.41. The molecule has 1 spiro atoms. The van der Waals surface area contributed by atoms with Crippen LogP contribution in [0.4, 0.5) is 10.5 Å². The molecule has 8 nitrogen and oxygen atoms in total. The summed E-state index contributed by atoms with van der Waals surface area (Å²) in [6.07, 6.45) is 1.67. The molecule has 0 aromatic heterocycles. The first-order chi connectivity index (χ1) is 15.3. The largest absolute Gasteiger partial charge is 0.325 e. The van der Waals surface area contributed by atoms with Crippen molar-refractivity contribution in [3.63, 3.8) is 0 Å². The normalized spacial score (nSPS) is 21.8. The third kappa shape index (κ3) is 2.95. The number of Topliss-reactive ketones (excluding diaryl/α,β-unsaturated/α-hetero) is 1. The molecule has 2 heterocycles. The predicted octanol–water partition coefficient (Wildman–Crippen LogP) is 1.97. The fourth-order valence-corrected chi connectivity index (χ4v) is 6.12. The van der Waals surface area contributed by atoms with Crippen molar-refractivity contribution in [2.75, 3.05) is 23.1 Å². The number of hydrogen-bond donors (Lipinski definition) is 1. The summed E-state index contributed by atoms with van der Waals surface area (Å²) in [5, 5.41) is 2.82. The van der Waals surface area contributed by atoms with E-state index in [1.54, 1.807) is 25.1 Å². The lowest BCUT2D eigenvalue weighted by Gasteiger charge is -2.22. The SMILES string of the molecule is CCS(=O)(=O)N1CCc2cc(C(=O)CN3C(=O)NC4(CCc5ccccc54)C3=O)ccc21. The summed E-state index contributed by atoms with van der Waals surface area (Å²) >= 11 is 0. The summed E-state index contributed by atoms with van der Waals surface area (Å²) in [7, 11) is -3.37. The average Bonchev–Trinajstić information content (AvgIpc) is 3.45. The molecule has 1 unspecified atom stereocenters. The van der Waals surface area contributed by atoms with Crippen LogP contribution in [-0.2, 0) is 33.2 Å². The van der Waals surface area contributed by atoms with Crippen molar-refractivity contribution in [3.05, 3.63) is 64.7 Å². The Kier molecular flexibility index (Phi) is 4.63. The molecule has 0 radical (unpaired) electrons. The summed E-state index contributed by atoms with van der Waals surface area (Å²) in [6, 6.07) is 11.8. The standard InChI is InChI=1S/C23H23N3O5S/c1-2-32(30,31)26-12-10-16-13-17(7-8-19(16)26)20(27)14-25-21(28)23(24-22(25)29)11-9-15-5-3-4-6-18(15)23/h3-8,13H,2,9-12,14H2,1H3,(H,24,29). The van der Waals surface area contributed by atoms with E-state index in [2.05, 4.69) is 5.32 Å². The van der Waals surface area contributed by atoms with Crippen molar-refractivity contribution in [1.82, 2.24) is 10.2 Å². The van der Waals surface area contributed by atoms with Crippen molar-refractivity contribution in [2.24, 2.45) is 0 Å². The Bertz CT molecular complexity index is 1270. The number of imide groups is 1. The van der Waals surface area contributed by atoms with Gasteiger partial charge in [0.05, 0.1) is 18.0 Å². The first kappa shape index (κ1) is 20.7. The second-order valence-electron chi connectivity index (χ2n) is 8.37. The van der Waals surface area contributed by atoms with Crippen LogP contribution in [0.1, 0.15) is 40.4 Å². The lowest BCUT2D eigenvalue weighted by Crippen LogP contribution is -2.42. The van der Waals surface area contributed by atoms with Crippen molar-refractivity contribution in [3.8, 4) is 0 Å². The van der Waals surface area contributed by atoms with Crippen LogP contribution in [-0.4, -0.2) is 49.9 Å². The van der Waals surface area contributed by atoms with Gasteiger partial charge in [-0.2, -0.15) is 0 Å². The van der Waals surface area contributed by atoms with Crippen LogP contribution in [0.3, 0.4) is 0 Å². The molecule has 166 valence electrons. The monoisotopic (exact) mass is 453 g/mol. The molecule has 2 aromatic rings. The first-order valence-electron chi connectivity index (χ1n) is 10.7. The van der Waals surface area contributed by atoms with Gasteiger partial charge in [-0.1, -0.05) is 24.3 Å². The summed E-state index contributed by atoms with van der Waals surface area (Å²) in [5.41, 5.74) is 2.43. The predicted molar refractivity (Wildman–Crippen MR) is 118 cm³/mol. The minimum atomic E-state index is -3.37. The van der Waals surface area contributed by atoms with E-state index in [9.17, 15) is 22.8 Å². The van der Waals surface area contributed by atoms with E-state index in [1.165, 1.54) is 4.31 Å². The van der Waals surface area contributed by atoms with Gasteiger partial charge in [0, 0.05) is 12.1 Å². The highest BCUT2D eigenvalue weighted by atomic mass is 32.2. The van der Waals surface area contributed by atoms with Gasteiger partial charge in [0.2, 0.25) is 10.0 Å². The van der Waals surface area contributed by atoms with Gasteiger partial charge in [-0.15, -0.1) is 0 Å². The van der Waals surface area contributed by atoms with Crippen LogP contribution in [0, 0.1) is 0 Å². The van der Waals surface area contributed by atoms with Gasteiger partial charge in [0.15, 0.2) is 5.78 Å². The number of carbonyl (C=O) groups is 3. The maximum Gasteiger partial charge on any atom is 0.325 e. The number of nitrogens with one attached hydrogen (secondary N) is 1. The third-order valence-electron chi connectivity index (χ3n) is 6.68. The van der Waals surface area contributed by atoms with Gasteiger partial charge in [0.25, 0.3) is 5.91 Å². The number of hydrogen-bond acceptors (Lipinski definition) is 5. The zero-order valence-electron chi connectivity index (χ0n) is 17.6. The molecule has 1 N–H and O–H groups in total. The molecule has 1 atom stereocenters. The maximum atomic E-state index is 13.3. The Hall–Kier alpha value is -3.20. The zero-order valence-corrected chi connectivity index (χ0v) is 18.4. The number of benzene rings is 2. The number of ketones is 1. The molecule has 1 aliphatic carbocycles. The second-order valence-corrected chi connectivity index (χ2v) is 10.6. The molecular formula is C23H23N3O5S. The Balaban J connectivity index is 1.38. The highest BCUT2D eigenvalue weighted by molar-refractivity contribution is 7.92. The number of fused-ring (bicyclic) bond motifs is 3. The third-order valence-corrected chi connectivity index (χ3v) is 8.46. The molecule has 2 aromatic carbocycles. The van der Waals surface area contributed by atoms with Crippen molar-refractivity contribution in [1.29, 1.82) is 0 Å². The van der Waals surface area contributed by atoms with Gasteiger partial charge < -0.3 is 5.32 Å². The Morgan fingerprint density at radius 1 is 1.09 bits per heavy atom. The van der Waals surface area contributed by atoms with Gasteiger partial charge in [-0.3, -0.25) is 18.8 Å². The van der Waals surface area contributed by atoms with Crippen LogP contribution < -0.4 is 9.62 Å². The lowest BCUT2D eigenvalue weighted by molar-refractivity contribution is -0.131. The van der Waals surface area contributed by atoms with Crippen LogP contribution in [0.25, 0.3) is 0 Å². The molecule has 3 amide bonds. The number of amides is 3. The lowest BCUT2D eigenvalue weighted by atomic mass is 9.92. The van der Waals surface area contributed by atoms with Crippen LogP contribution in [0.5, 0.6) is 0 Å². The number of sulfonamides is 1. The molecular weight excluding hydrogens is 430 g/mol. The van der Waals surface area contributed by atoms with Crippen LogP contribution >= 0.6 is 0 Å². The Morgan fingerprint density at radius 2 is 1.88 bits per heavy atom. The van der Waals surface area contributed by atoms with Gasteiger partial charge in [0.1, 0.15) is 5.54 Å². The molecule has 1 fully saturated rings. The average molecular weight is 454 g/mol. The highest BCUT2D eigenvalue weighted by Gasteiger charge is 2.55. The van der Waals surface area contributed by atoms with Gasteiger partial charge in [-0.25, -0.2) is 13.2 Å². The number of aryl methyl sites for hydroxylation is 1. The van der Waals surface area contributed by atoms with Crippen molar-refractivity contribution in [2.45, 2.75) is 31.7 Å². The smallest absolute Gasteiger partial charge is 0.319 e. The molecule has 0 saturated carbocycles. The quantitative estimate of drug-likeness (QED) is 0.551. The van der Waals surface area contributed by atoms with Gasteiger partial charge in [-0.05, 0) is 61.1 Å². The first-order valence-corrected chi connectivity index (χ1v) is 12.3. The fourth-order valence-electron chi connectivity index (χ4n) is 4.96. The molecule has 3 aliphatic rings. The molecule has 1 saturated heterocycles. The minimum Gasteiger partial charge on any atom is -0.319 e. The topological polar surface area (TPSA) is 104 Å². The van der Waals surface area contributed by atoms with E-state index in [0.717, 1.165) is 21.6 Å². The van der Waals surface area contributed by atoms with E-state index in [4.69, 9.17) is 0 Å². The zero-order chi connectivity index (χ0) is 22.7. The maximum absolute atomic E-state index is 13.3. The number of carbonyl (C=O) groups excluding carboxylic acids is 3. The summed E-state index contributed by atoms with van der Waals surface area (Å²) in [6.45, 7) is 1.58. The summed E-state index contributed by atoms with van der Waals surface area (Å²) in [5.74, 6) is -0.761. The van der Waals surface area contributed by atoms with E-state index in [0.29, 0.717) is 37.1 Å². The Labute approximate surface area is 186 Å². The summed E-state index contributed by atoms with van der Waals surface area (Å²) in [4.78, 5) is 39.9. The molecule has 2 aliphatic heterocycles. The molecule has 9 heteroatoms. The molecule has 32 heavy (non-hydrogen) atoms. The molecule has 5 rings (SSSR count). The minimum absolute atomic E-state index is 0.00415. The van der Waals surface area contributed by atoms with Crippen LogP contribution in [0.2, 0.25) is 0 Å². The van der Waals surface area contributed by atoms with Crippen LogP contribution in [0.15, 0.2) is 42.5 Å². The number of anilines is 1. The van der Waals surface area contributed by atoms with E-state index in [1.807, 2.05) is 24.3 Å². The van der Waals surface area contributed by atoms with E-state index in [-0.39, 0.29) is 18.1 Å². The summed E-state index contributed by atoms with van der Waals surface area (Å²) < 4.78 is 25.9. The fraction of sp³-hybridized carbons (Fsp3) is 0.348. The number of nitrogens with zero attached hydrogens (tertiary/aromatic N) is 2. The number of rotatable bonds is 5. The van der Waals surface area contributed by atoms with E-state index < -0.39 is 27.5 Å². The van der Waals surface area contributed by atoms with Gasteiger partial charge >= 0.3 is 6.03 Å². The van der Waals surface area contributed by atoms with Crippen molar-refractivity contribution < 1.29 is 22.8 Å². The number of urea groups is 1. The van der Waals surface area contributed by atoms with Crippen molar-refractivity contribution >= 4 is 33.4 Å². The Morgan fingerprint density at radius 3 is 2.66 bits per heavy atom. The second kappa shape index (κ2) is 7.16. The molecule has 0 bridgehead atoms. The van der Waals surface area contributed by atoms with E-state index >= 15 is 0 Å².